The molecular weight excluding hydrogens is 357 g/mol. The number of benzene rings is 1. The van der Waals surface area contributed by atoms with E-state index in [-0.39, 0.29) is 17.6 Å². The number of carbonyl (C=O) groups excluding carboxylic acids is 1. The lowest BCUT2D eigenvalue weighted by Gasteiger charge is -2.35. The Labute approximate surface area is 146 Å². The number of nitrogens with one attached hydrogen (secondary N) is 2. The van der Waals surface area contributed by atoms with Gasteiger partial charge in [-0.3, -0.25) is 9.69 Å². The maximum absolute atomic E-state index is 13.7. The van der Waals surface area contributed by atoms with Gasteiger partial charge in [-0.15, -0.1) is 0 Å². The van der Waals surface area contributed by atoms with Crippen molar-refractivity contribution in [2.45, 2.75) is 31.8 Å². The second-order valence-electron chi connectivity index (χ2n) is 5.99. The van der Waals surface area contributed by atoms with Gasteiger partial charge in [0.15, 0.2) is 0 Å². The quantitative estimate of drug-likeness (QED) is 0.820. The van der Waals surface area contributed by atoms with Crippen LogP contribution >= 0.6 is 11.6 Å². The Bertz CT molecular complexity index is 706. The van der Waals surface area contributed by atoms with E-state index in [0.717, 1.165) is 6.26 Å². The molecule has 1 atom stereocenters. The Morgan fingerprint density at radius 2 is 2.00 bits per heavy atom. The Kier molecular flexibility index (Phi) is 6.19. The van der Waals surface area contributed by atoms with Crippen LogP contribution in [0.3, 0.4) is 0 Å². The van der Waals surface area contributed by atoms with Gasteiger partial charge >= 0.3 is 0 Å². The number of carbonyl (C=O) groups is 1. The summed E-state index contributed by atoms with van der Waals surface area (Å²) in [6.07, 6.45) is 2.38. The van der Waals surface area contributed by atoms with Crippen molar-refractivity contribution in [3.63, 3.8) is 0 Å². The van der Waals surface area contributed by atoms with E-state index in [2.05, 4.69) is 10.0 Å². The van der Waals surface area contributed by atoms with Gasteiger partial charge in [-0.1, -0.05) is 11.6 Å². The maximum Gasteiger partial charge on any atom is 0.241 e. The van der Waals surface area contributed by atoms with Crippen LogP contribution in [0.2, 0.25) is 5.02 Å². The van der Waals surface area contributed by atoms with Gasteiger partial charge in [-0.25, -0.2) is 17.5 Å². The molecule has 134 valence electrons. The van der Waals surface area contributed by atoms with Gasteiger partial charge in [-0.2, -0.15) is 0 Å². The zero-order chi connectivity index (χ0) is 17.9. The molecule has 1 aromatic rings. The van der Waals surface area contributed by atoms with Crippen molar-refractivity contribution in [3.05, 3.63) is 29.0 Å². The number of likely N-dealkylation sites (tertiary alicyclic amines) is 1. The molecule has 1 saturated heterocycles. The third-order valence-electron chi connectivity index (χ3n) is 4.02. The van der Waals surface area contributed by atoms with E-state index in [1.54, 1.807) is 6.92 Å². The molecule has 1 unspecified atom stereocenters. The third kappa shape index (κ3) is 5.41. The van der Waals surface area contributed by atoms with Crippen LogP contribution in [-0.4, -0.2) is 50.7 Å². The molecule has 0 aromatic heterocycles. The first-order valence-corrected chi connectivity index (χ1v) is 9.90. The largest absolute Gasteiger partial charge is 0.322 e. The smallest absolute Gasteiger partial charge is 0.241 e. The second kappa shape index (κ2) is 7.77. The molecule has 1 aromatic carbocycles. The Morgan fingerprint density at radius 3 is 2.58 bits per heavy atom. The molecule has 1 aliphatic rings. The normalized spacial score (nSPS) is 18.3. The van der Waals surface area contributed by atoms with E-state index in [1.165, 1.54) is 18.2 Å². The number of amides is 1. The molecular formula is C15H21ClFN3O3S. The van der Waals surface area contributed by atoms with Crippen LogP contribution in [0.4, 0.5) is 10.1 Å². The van der Waals surface area contributed by atoms with Crippen LogP contribution in [0, 0.1) is 5.82 Å². The molecule has 2 N–H and O–H groups in total. The molecule has 0 bridgehead atoms. The predicted octanol–water partition coefficient (Wildman–Crippen LogP) is 1.82. The minimum atomic E-state index is -3.23. The molecule has 6 nitrogen and oxygen atoms in total. The van der Waals surface area contributed by atoms with Gasteiger partial charge in [0.05, 0.1) is 18.0 Å². The summed E-state index contributed by atoms with van der Waals surface area (Å²) in [5, 5.41) is 2.89. The summed E-state index contributed by atoms with van der Waals surface area (Å²) in [7, 11) is -3.23. The Morgan fingerprint density at radius 1 is 1.38 bits per heavy atom. The number of anilines is 1. The first-order chi connectivity index (χ1) is 11.2. The van der Waals surface area contributed by atoms with E-state index >= 15 is 0 Å². The van der Waals surface area contributed by atoms with Crippen molar-refractivity contribution in [2.24, 2.45) is 0 Å². The zero-order valence-electron chi connectivity index (χ0n) is 13.6. The van der Waals surface area contributed by atoms with E-state index in [0.29, 0.717) is 31.0 Å². The van der Waals surface area contributed by atoms with Gasteiger partial charge in [0, 0.05) is 24.2 Å². The fraction of sp³-hybridized carbons (Fsp3) is 0.533. The van der Waals surface area contributed by atoms with Gasteiger partial charge < -0.3 is 5.32 Å². The maximum atomic E-state index is 13.7. The highest BCUT2D eigenvalue weighted by Gasteiger charge is 2.28. The molecule has 2 rings (SSSR count). The van der Waals surface area contributed by atoms with Gasteiger partial charge in [0.25, 0.3) is 0 Å². The fourth-order valence-electron chi connectivity index (χ4n) is 2.70. The van der Waals surface area contributed by atoms with Gasteiger partial charge in [0.2, 0.25) is 15.9 Å². The van der Waals surface area contributed by atoms with Crippen LogP contribution in [0.5, 0.6) is 0 Å². The molecule has 0 radical (unpaired) electrons. The van der Waals surface area contributed by atoms with E-state index in [4.69, 9.17) is 11.6 Å². The Balaban J connectivity index is 1.91. The van der Waals surface area contributed by atoms with Crippen LogP contribution in [0.15, 0.2) is 18.2 Å². The van der Waals surface area contributed by atoms with Crippen LogP contribution < -0.4 is 10.0 Å². The number of hydrogen-bond donors (Lipinski definition) is 2. The van der Waals surface area contributed by atoms with Crippen molar-refractivity contribution >= 4 is 33.2 Å². The molecule has 9 heteroatoms. The average Bonchev–Trinajstić information content (AvgIpc) is 2.49. The summed E-state index contributed by atoms with van der Waals surface area (Å²) in [5.41, 5.74) is 0.0491. The van der Waals surface area contributed by atoms with Crippen molar-refractivity contribution in [1.82, 2.24) is 9.62 Å². The molecule has 0 aliphatic carbocycles. The Hall–Kier alpha value is -1.22. The van der Waals surface area contributed by atoms with Crippen LogP contribution in [0.1, 0.15) is 19.8 Å². The highest BCUT2D eigenvalue weighted by Crippen LogP contribution is 2.21. The number of halogens is 2. The SMILES string of the molecule is CC(C(=O)Nc1cc(Cl)ccc1F)N1CCC(NS(C)(=O)=O)CC1. The van der Waals surface area contributed by atoms with Crippen molar-refractivity contribution in [1.29, 1.82) is 0 Å². The first-order valence-electron chi connectivity index (χ1n) is 7.63. The minimum absolute atomic E-state index is 0.0491. The average molecular weight is 378 g/mol. The van der Waals surface area contributed by atoms with E-state index < -0.39 is 21.9 Å². The van der Waals surface area contributed by atoms with Crippen molar-refractivity contribution in [2.75, 3.05) is 24.7 Å². The monoisotopic (exact) mass is 377 g/mol. The molecule has 24 heavy (non-hydrogen) atoms. The minimum Gasteiger partial charge on any atom is -0.322 e. The molecule has 1 heterocycles. The zero-order valence-corrected chi connectivity index (χ0v) is 15.1. The summed E-state index contributed by atoms with van der Waals surface area (Å²) >= 11 is 5.81. The third-order valence-corrected chi connectivity index (χ3v) is 5.02. The van der Waals surface area contributed by atoms with E-state index in [1.807, 2.05) is 4.90 Å². The fourth-order valence-corrected chi connectivity index (χ4v) is 3.72. The number of nitrogens with zero attached hydrogens (tertiary/aromatic N) is 1. The molecule has 0 spiro atoms. The number of hydrogen-bond acceptors (Lipinski definition) is 4. The van der Waals surface area contributed by atoms with Crippen molar-refractivity contribution < 1.29 is 17.6 Å². The molecule has 0 saturated carbocycles. The lowest BCUT2D eigenvalue weighted by molar-refractivity contribution is -0.121. The van der Waals surface area contributed by atoms with Crippen LogP contribution in [-0.2, 0) is 14.8 Å². The van der Waals surface area contributed by atoms with Crippen molar-refractivity contribution in [3.8, 4) is 0 Å². The summed E-state index contributed by atoms with van der Waals surface area (Å²) in [6.45, 7) is 2.90. The summed E-state index contributed by atoms with van der Waals surface area (Å²) in [4.78, 5) is 14.3. The first kappa shape index (κ1) is 19.1. The summed E-state index contributed by atoms with van der Waals surface area (Å²) in [5.74, 6) is -0.873. The lowest BCUT2D eigenvalue weighted by Crippen LogP contribution is -2.50. The standard InChI is InChI=1S/C15H21ClFN3O3S/c1-10(15(21)18-14-9-11(16)3-4-13(14)17)20-7-5-12(6-8-20)19-24(2,22)23/h3-4,9-10,12,19H,5-8H2,1-2H3,(H,18,21). The highest BCUT2D eigenvalue weighted by atomic mass is 35.5. The number of rotatable bonds is 5. The second-order valence-corrected chi connectivity index (χ2v) is 8.21. The topological polar surface area (TPSA) is 78.5 Å². The number of sulfonamides is 1. The highest BCUT2D eigenvalue weighted by molar-refractivity contribution is 7.88. The summed E-state index contributed by atoms with van der Waals surface area (Å²) in [6, 6.07) is 3.41. The van der Waals surface area contributed by atoms with Gasteiger partial charge in [-0.05, 0) is 38.0 Å². The number of piperidine rings is 1. The lowest BCUT2D eigenvalue weighted by atomic mass is 10.0. The van der Waals surface area contributed by atoms with Gasteiger partial charge in [0.1, 0.15) is 5.82 Å². The van der Waals surface area contributed by atoms with E-state index in [9.17, 15) is 17.6 Å². The molecule has 1 fully saturated rings. The predicted molar refractivity (Wildman–Crippen MR) is 92.1 cm³/mol. The summed E-state index contributed by atoms with van der Waals surface area (Å²) < 4.78 is 38.8. The molecule has 1 aliphatic heterocycles. The molecule has 1 amide bonds. The van der Waals surface area contributed by atoms with Crippen LogP contribution in [0.25, 0.3) is 0 Å².